The fourth-order valence-electron chi connectivity index (χ4n) is 3.74. The number of aromatic nitrogens is 3. The molecule has 0 amide bonds. The minimum Gasteiger partial charge on any atom is -0.320 e. The van der Waals surface area contributed by atoms with Gasteiger partial charge in [-0.25, -0.2) is 4.98 Å². The number of nitrogens with zero attached hydrogens (tertiary/aromatic N) is 4. The molecular formula is C24H21ClN4O. The molecule has 4 aromatic rings. The van der Waals surface area contributed by atoms with E-state index in [1.165, 1.54) is 0 Å². The van der Waals surface area contributed by atoms with Gasteiger partial charge < -0.3 is 9.13 Å². The van der Waals surface area contributed by atoms with Gasteiger partial charge in [0, 0.05) is 24.0 Å². The molecule has 0 saturated heterocycles. The van der Waals surface area contributed by atoms with Gasteiger partial charge >= 0.3 is 0 Å². The number of imidazole rings is 1. The Balaban J connectivity index is 1.68. The van der Waals surface area contributed by atoms with Crippen LogP contribution in [0.3, 0.4) is 0 Å². The van der Waals surface area contributed by atoms with Crippen LogP contribution in [0.2, 0.25) is 5.15 Å². The van der Waals surface area contributed by atoms with Gasteiger partial charge in [-0.2, -0.15) is 5.26 Å². The molecule has 0 fully saturated rings. The molecule has 2 aromatic heterocycles. The summed E-state index contributed by atoms with van der Waals surface area (Å²) in [5.41, 5.74) is 3.95. The molecule has 2 heterocycles. The van der Waals surface area contributed by atoms with E-state index in [-0.39, 0.29) is 5.15 Å². The van der Waals surface area contributed by atoms with Gasteiger partial charge in [-0.3, -0.25) is 4.79 Å². The van der Waals surface area contributed by atoms with E-state index >= 15 is 0 Å². The zero-order valence-electron chi connectivity index (χ0n) is 16.7. The van der Waals surface area contributed by atoms with Crippen LogP contribution in [-0.4, -0.2) is 20.4 Å². The molecule has 4 rings (SSSR count). The van der Waals surface area contributed by atoms with Gasteiger partial charge in [0.15, 0.2) is 11.4 Å². The molecule has 0 N–H and O–H groups in total. The molecule has 150 valence electrons. The Bertz CT molecular complexity index is 1240. The standard InChI is InChI=1S/C24H21ClN4O/c1-2-3-8-23-27-24(25)22(16-30)28(23)15-17-9-11-19(12-10-17)29-20(14-26)13-18-6-4-5-7-21(18)29/h4-7,9-13,16H,2-3,8,15H2,1H3. The highest BCUT2D eigenvalue weighted by Crippen LogP contribution is 2.25. The number of carbonyl (C=O) groups excluding carboxylic acids is 1. The summed E-state index contributed by atoms with van der Waals surface area (Å²) < 4.78 is 3.85. The van der Waals surface area contributed by atoms with Crippen molar-refractivity contribution >= 4 is 28.8 Å². The third-order valence-corrected chi connectivity index (χ3v) is 5.55. The molecule has 0 bridgehead atoms. The monoisotopic (exact) mass is 416 g/mol. The number of benzene rings is 2. The van der Waals surface area contributed by atoms with Crippen LogP contribution >= 0.6 is 11.6 Å². The molecular weight excluding hydrogens is 396 g/mol. The molecule has 0 saturated carbocycles. The number of hydrogen-bond donors (Lipinski definition) is 0. The van der Waals surface area contributed by atoms with Gasteiger partial charge in [-0.1, -0.05) is 55.3 Å². The molecule has 0 aliphatic rings. The molecule has 5 nitrogen and oxygen atoms in total. The maximum atomic E-state index is 11.6. The normalized spacial score (nSPS) is 11.0. The average molecular weight is 417 g/mol. The number of rotatable bonds is 7. The van der Waals surface area contributed by atoms with Crippen molar-refractivity contribution in [2.24, 2.45) is 0 Å². The van der Waals surface area contributed by atoms with Crippen molar-refractivity contribution in [2.75, 3.05) is 0 Å². The Morgan fingerprint density at radius 2 is 1.93 bits per heavy atom. The summed E-state index contributed by atoms with van der Waals surface area (Å²) in [4.78, 5) is 15.9. The van der Waals surface area contributed by atoms with Gasteiger partial charge in [0.05, 0.1) is 5.52 Å². The van der Waals surface area contributed by atoms with Gasteiger partial charge in [-0.05, 0) is 36.2 Å². The highest BCUT2D eigenvalue weighted by atomic mass is 35.5. The molecule has 6 heteroatoms. The number of para-hydroxylation sites is 1. The second kappa shape index (κ2) is 8.56. The second-order valence-corrected chi connectivity index (χ2v) is 7.57. The van der Waals surface area contributed by atoms with E-state index in [1.807, 2.05) is 63.7 Å². The highest BCUT2D eigenvalue weighted by Gasteiger charge is 2.16. The zero-order valence-corrected chi connectivity index (χ0v) is 17.4. The number of hydrogen-bond acceptors (Lipinski definition) is 3. The van der Waals surface area contributed by atoms with Crippen molar-refractivity contribution in [2.45, 2.75) is 32.7 Å². The summed E-state index contributed by atoms with van der Waals surface area (Å²) in [6.07, 6.45) is 3.58. The first-order valence-corrected chi connectivity index (χ1v) is 10.3. The lowest BCUT2D eigenvalue weighted by Gasteiger charge is -2.12. The smallest absolute Gasteiger partial charge is 0.169 e. The predicted molar refractivity (Wildman–Crippen MR) is 118 cm³/mol. The number of unbranched alkanes of at least 4 members (excludes halogenated alkanes) is 1. The number of nitriles is 1. The highest BCUT2D eigenvalue weighted by molar-refractivity contribution is 6.31. The summed E-state index contributed by atoms with van der Waals surface area (Å²) in [5.74, 6) is 0.830. The van der Waals surface area contributed by atoms with Crippen LogP contribution in [-0.2, 0) is 13.0 Å². The molecule has 0 aliphatic carbocycles. The zero-order chi connectivity index (χ0) is 21.1. The lowest BCUT2D eigenvalue weighted by Crippen LogP contribution is -2.09. The van der Waals surface area contributed by atoms with Crippen LogP contribution in [0.5, 0.6) is 0 Å². The minimum absolute atomic E-state index is 0.255. The Morgan fingerprint density at radius 1 is 1.17 bits per heavy atom. The Kier molecular flexibility index (Phi) is 5.69. The molecule has 0 atom stereocenters. The van der Waals surface area contributed by atoms with Gasteiger partial charge in [0.25, 0.3) is 0 Å². The average Bonchev–Trinajstić information content (AvgIpc) is 3.29. The van der Waals surface area contributed by atoms with Crippen molar-refractivity contribution in [1.29, 1.82) is 5.26 Å². The van der Waals surface area contributed by atoms with Gasteiger partial charge in [-0.15, -0.1) is 0 Å². The van der Waals surface area contributed by atoms with Crippen LogP contribution in [0, 0.1) is 11.3 Å². The topological polar surface area (TPSA) is 63.6 Å². The number of carbonyl (C=O) groups is 1. The van der Waals surface area contributed by atoms with E-state index < -0.39 is 0 Å². The molecule has 0 unspecified atom stereocenters. The maximum Gasteiger partial charge on any atom is 0.169 e. The summed E-state index contributed by atoms with van der Waals surface area (Å²) in [5, 5.41) is 10.8. The summed E-state index contributed by atoms with van der Waals surface area (Å²) in [6.45, 7) is 2.64. The number of aryl methyl sites for hydroxylation is 1. The lowest BCUT2D eigenvalue weighted by atomic mass is 10.2. The van der Waals surface area contributed by atoms with E-state index in [9.17, 15) is 10.1 Å². The van der Waals surface area contributed by atoms with E-state index in [2.05, 4.69) is 18.0 Å². The number of aldehydes is 1. The molecule has 2 aromatic carbocycles. The van der Waals surface area contributed by atoms with Crippen LogP contribution in [0.4, 0.5) is 0 Å². The van der Waals surface area contributed by atoms with Crippen LogP contribution in [0.1, 0.15) is 47.3 Å². The summed E-state index contributed by atoms with van der Waals surface area (Å²) >= 11 is 6.18. The molecule has 0 spiro atoms. The van der Waals surface area contributed by atoms with Gasteiger partial charge in [0.1, 0.15) is 23.3 Å². The predicted octanol–water partition coefficient (Wildman–Crippen LogP) is 5.56. The van der Waals surface area contributed by atoms with Crippen molar-refractivity contribution < 1.29 is 4.79 Å². The van der Waals surface area contributed by atoms with Gasteiger partial charge in [0.2, 0.25) is 0 Å². The molecule has 30 heavy (non-hydrogen) atoms. The van der Waals surface area contributed by atoms with Crippen molar-refractivity contribution in [3.05, 3.63) is 82.5 Å². The first kappa shape index (κ1) is 19.9. The van der Waals surface area contributed by atoms with Crippen molar-refractivity contribution in [3.8, 4) is 11.8 Å². The number of halogens is 1. The Morgan fingerprint density at radius 3 is 2.63 bits per heavy atom. The largest absolute Gasteiger partial charge is 0.320 e. The number of fused-ring (bicyclic) bond motifs is 1. The third kappa shape index (κ3) is 3.62. The van der Waals surface area contributed by atoms with E-state index in [0.29, 0.717) is 17.9 Å². The maximum absolute atomic E-state index is 11.6. The quantitative estimate of drug-likeness (QED) is 0.371. The molecule has 0 radical (unpaired) electrons. The lowest BCUT2D eigenvalue weighted by molar-refractivity contribution is 0.111. The SMILES string of the molecule is CCCCc1nc(Cl)c(C=O)n1Cc1ccc(-n2c(C#N)cc3ccccc32)cc1. The van der Waals surface area contributed by atoms with E-state index in [4.69, 9.17) is 11.6 Å². The van der Waals surface area contributed by atoms with E-state index in [1.54, 1.807) is 0 Å². The van der Waals surface area contributed by atoms with Crippen LogP contribution < -0.4 is 0 Å². The first-order valence-electron chi connectivity index (χ1n) is 9.96. The van der Waals surface area contributed by atoms with Crippen LogP contribution in [0.15, 0.2) is 54.6 Å². The second-order valence-electron chi connectivity index (χ2n) is 7.21. The fraction of sp³-hybridized carbons (Fsp3) is 0.208. The minimum atomic E-state index is 0.255. The Hall–Kier alpha value is -3.36. The van der Waals surface area contributed by atoms with Crippen molar-refractivity contribution in [1.82, 2.24) is 14.1 Å². The van der Waals surface area contributed by atoms with Crippen LogP contribution in [0.25, 0.3) is 16.6 Å². The summed E-state index contributed by atoms with van der Waals surface area (Å²) in [6, 6.07) is 20.1. The summed E-state index contributed by atoms with van der Waals surface area (Å²) in [7, 11) is 0. The fourth-order valence-corrected chi connectivity index (χ4v) is 3.99. The van der Waals surface area contributed by atoms with Crippen molar-refractivity contribution in [3.63, 3.8) is 0 Å². The van der Waals surface area contributed by atoms with E-state index in [0.717, 1.165) is 53.5 Å². The Labute approximate surface area is 180 Å². The third-order valence-electron chi connectivity index (χ3n) is 5.27. The molecule has 0 aliphatic heterocycles. The first-order chi connectivity index (χ1) is 14.7.